The van der Waals surface area contributed by atoms with Crippen molar-refractivity contribution in [2.24, 2.45) is 5.41 Å². The summed E-state index contributed by atoms with van der Waals surface area (Å²) in [5.41, 5.74) is 0.898. The molecule has 1 aliphatic rings. The zero-order valence-corrected chi connectivity index (χ0v) is 15.4. The van der Waals surface area contributed by atoms with Crippen LogP contribution in [-0.2, 0) is 13.0 Å². The smallest absolute Gasteiger partial charge is 0.160 e. The molecule has 1 heterocycles. The van der Waals surface area contributed by atoms with Crippen molar-refractivity contribution in [2.45, 2.75) is 25.8 Å². The third-order valence-corrected chi connectivity index (χ3v) is 5.31. The van der Waals surface area contributed by atoms with Crippen LogP contribution in [0.5, 0.6) is 11.5 Å². The van der Waals surface area contributed by atoms with E-state index in [1.165, 1.54) is 19.2 Å². The minimum atomic E-state index is -0.598. The van der Waals surface area contributed by atoms with Gasteiger partial charge in [-0.3, -0.25) is 4.90 Å². The molecular weight excluding hydrogens is 352 g/mol. The van der Waals surface area contributed by atoms with Gasteiger partial charge in [0.2, 0.25) is 0 Å². The van der Waals surface area contributed by atoms with Crippen LogP contribution in [0.15, 0.2) is 36.4 Å². The molecule has 6 heteroatoms. The van der Waals surface area contributed by atoms with E-state index in [1.54, 1.807) is 12.1 Å². The molecule has 0 spiro atoms. The number of aliphatic hydroxyl groups is 1. The van der Waals surface area contributed by atoms with E-state index in [2.05, 4.69) is 4.90 Å². The van der Waals surface area contributed by atoms with Crippen LogP contribution in [0, 0.1) is 17.0 Å². The highest BCUT2D eigenvalue weighted by Crippen LogP contribution is 2.35. The SMILES string of the molecule is COc1ccc(CN2CCCC(CO)(Cc3ccc(F)cc3F)C2)cc1O. The molecule has 1 atom stereocenters. The van der Waals surface area contributed by atoms with Crippen molar-refractivity contribution in [1.29, 1.82) is 0 Å². The van der Waals surface area contributed by atoms with Crippen molar-refractivity contribution in [3.8, 4) is 11.5 Å². The molecule has 1 unspecified atom stereocenters. The number of benzene rings is 2. The van der Waals surface area contributed by atoms with Crippen LogP contribution in [0.2, 0.25) is 0 Å². The fourth-order valence-electron chi connectivity index (χ4n) is 3.94. The fourth-order valence-corrected chi connectivity index (χ4v) is 3.94. The summed E-state index contributed by atoms with van der Waals surface area (Å²) in [5.74, 6) is -0.651. The second kappa shape index (κ2) is 8.23. The van der Waals surface area contributed by atoms with Gasteiger partial charge in [0.15, 0.2) is 11.5 Å². The van der Waals surface area contributed by atoms with E-state index in [0.717, 1.165) is 31.0 Å². The lowest BCUT2D eigenvalue weighted by Crippen LogP contribution is -2.46. The average Bonchev–Trinajstić information content (AvgIpc) is 2.65. The summed E-state index contributed by atoms with van der Waals surface area (Å²) in [4.78, 5) is 2.20. The van der Waals surface area contributed by atoms with Gasteiger partial charge in [-0.25, -0.2) is 8.78 Å². The summed E-state index contributed by atoms with van der Waals surface area (Å²) < 4.78 is 32.3. The molecule has 3 rings (SSSR count). The van der Waals surface area contributed by atoms with Gasteiger partial charge in [-0.2, -0.15) is 0 Å². The van der Waals surface area contributed by atoms with E-state index in [0.29, 0.717) is 30.8 Å². The Morgan fingerprint density at radius 3 is 2.67 bits per heavy atom. The van der Waals surface area contributed by atoms with Crippen molar-refractivity contribution >= 4 is 0 Å². The number of likely N-dealkylation sites (tertiary alicyclic amines) is 1. The number of phenolic OH excluding ortho intramolecular Hbond substituents is 1. The monoisotopic (exact) mass is 377 g/mol. The number of aliphatic hydroxyl groups excluding tert-OH is 1. The number of aromatic hydroxyl groups is 1. The van der Waals surface area contributed by atoms with Crippen LogP contribution in [0.1, 0.15) is 24.0 Å². The lowest BCUT2D eigenvalue weighted by Gasteiger charge is -2.42. The molecule has 1 fully saturated rings. The van der Waals surface area contributed by atoms with E-state index in [9.17, 15) is 19.0 Å². The first-order chi connectivity index (χ1) is 12.9. The number of methoxy groups -OCH3 is 1. The van der Waals surface area contributed by atoms with Gasteiger partial charge in [0.1, 0.15) is 11.6 Å². The number of hydrogen-bond acceptors (Lipinski definition) is 4. The lowest BCUT2D eigenvalue weighted by atomic mass is 9.75. The van der Waals surface area contributed by atoms with Gasteiger partial charge in [0.25, 0.3) is 0 Å². The van der Waals surface area contributed by atoms with Gasteiger partial charge >= 0.3 is 0 Å². The van der Waals surface area contributed by atoms with Gasteiger partial charge in [0.05, 0.1) is 13.7 Å². The Hall–Kier alpha value is -2.18. The van der Waals surface area contributed by atoms with Crippen molar-refractivity contribution in [1.82, 2.24) is 4.90 Å². The van der Waals surface area contributed by atoms with E-state index in [4.69, 9.17) is 4.74 Å². The van der Waals surface area contributed by atoms with E-state index in [-0.39, 0.29) is 12.4 Å². The van der Waals surface area contributed by atoms with Gasteiger partial charge in [-0.15, -0.1) is 0 Å². The summed E-state index contributed by atoms with van der Waals surface area (Å²) in [7, 11) is 1.50. The Morgan fingerprint density at radius 2 is 2.00 bits per heavy atom. The summed E-state index contributed by atoms with van der Waals surface area (Å²) in [5, 5.41) is 20.0. The first kappa shape index (κ1) is 19.6. The van der Waals surface area contributed by atoms with E-state index >= 15 is 0 Å². The van der Waals surface area contributed by atoms with Gasteiger partial charge in [-0.05, 0) is 55.1 Å². The van der Waals surface area contributed by atoms with Crippen LogP contribution in [0.4, 0.5) is 8.78 Å². The number of ether oxygens (including phenoxy) is 1. The maximum absolute atomic E-state index is 14.1. The Bertz CT molecular complexity index is 799. The summed E-state index contributed by atoms with van der Waals surface area (Å²) in [6, 6.07) is 8.90. The molecule has 146 valence electrons. The highest BCUT2D eigenvalue weighted by Gasteiger charge is 2.35. The van der Waals surface area contributed by atoms with Crippen molar-refractivity contribution in [3.63, 3.8) is 0 Å². The fraction of sp³-hybridized carbons (Fsp3) is 0.429. The molecule has 0 aromatic heterocycles. The van der Waals surface area contributed by atoms with Crippen LogP contribution in [0.25, 0.3) is 0 Å². The molecule has 2 aromatic rings. The predicted molar refractivity (Wildman–Crippen MR) is 98.8 cm³/mol. The average molecular weight is 377 g/mol. The third kappa shape index (κ3) is 4.57. The van der Waals surface area contributed by atoms with E-state index in [1.807, 2.05) is 6.07 Å². The number of nitrogens with zero attached hydrogens (tertiary/aromatic N) is 1. The molecule has 1 saturated heterocycles. The van der Waals surface area contributed by atoms with Crippen LogP contribution in [-0.4, -0.2) is 41.9 Å². The molecule has 0 radical (unpaired) electrons. The van der Waals surface area contributed by atoms with Crippen molar-refractivity contribution in [2.75, 3.05) is 26.8 Å². The summed E-state index contributed by atoms with van der Waals surface area (Å²) in [6.07, 6.45) is 2.02. The molecular formula is C21H25F2NO3. The molecule has 2 aromatic carbocycles. The Morgan fingerprint density at radius 1 is 1.19 bits per heavy atom. The molecule has 0 amide bonds. The standard InChI is InChI=1S/C21H25F2NO3/c1-27-20-6-3-15(9-19(20)26)12-24-8-2-7-21(13-24,14-25)11-16-4-5-17(22)10-18(16)23/h3-6,9-10,25-26H,2,7-8,11-14H2,1H3. The molecule has 4 nitrogen and oxygen atoms in total. The first-order valence-corrected chi connectivity index (χ1v) is 9.08. The molecule has 27 heavy (non-hydrogen) atoms. The number of phenols is 1. The zero-order valence-electron chi connectivity index (χ0n) is 15.4. The predicted octanol–water partition coefficient (Wildman–Crippen LogP) is 3.50. The van der Waals surface area contributed by atoms with Crippen molar-refractivity contribution in [3.05, 3.63) is 59.2 Å². The zero-order chi connectivity index (χ0) is 19.4. The number of piperidine rings is 1. The minimum absolute atomic E-state index is 0.0613. The summed E-state index contributed by atoms with van der Waals surface area (Å²) >= 11 is 0. The van der Waals surface area contributed by atoms with Gasteiger partial charge in [0, 0.05) is 24.6 Å². The lowest BCUT2D eigenvalue weighted by molar-refractivity contribution is 0.0282. The Kier molecular flexibility index (Phi) is 5.97. The molecule has 2 N–H and O–H groups in total. The molecule has 0 bridgehead atoms. The maximum Gasteiger partial charge on any atom is 0.160 e. The molecule has 0 aliphatic carbocycles. The van der Waals surface area contributed by atoms with Crippen molar-refractivity contribution < 1.29 is 23.7 Å². The van der Waals surface area contributed by atoms with Gasteiger partial charge in [-0.1, -0.05) is 12.1 Å². The second-order valence-corrected chi connectivity index (χ2v) is 7.39. The summed E-state index contributed by atoms with van der Waals surface area (Å²) in [6.45, 7) is 2.02. The Balaban J connectivity index is 1.73. The number of halogens is 2. The highest BCUT2D eigenvalue weighted by molar-refractivity contribution is 5.41. The topological polar surface area (TPSA) is 52.9 Å². The number of rotatable bonds is 6. The second-order valence-electron chi connectivity index (χ2n) is 7.39. The first-order valence-electron chi connectivity index (χ1n) is 9.08. The minimum Gasteiger partial charge on any atom is -0.504 e. The normalized spacial score (nSPS) is 20.6. The van der Waals surface area contributed by atoms with Crippen LogP contribution >= 0.6 is 0 Å². The quantitative estimate of drug-likeness (QED) is 0.809. The highest BCUT2D eigenvalue weighted by atomic mass is 19.1. The van der Waals surface area contributed by atoms with E-state index < -0.39 is 17.0 Å². The maximum atomic E-state index is 14.1. The number of hydrogen-bond donors (Lipinski definition) is 2. The van der Waals surface area contributed by atoms with Crippen LogP contribution < -0.4 is 4.74 Å². The largest absolute Gasteiger partial charge is 0.504 e. The third-order valence-electron chi connectivity index (χ3n) is 5.31. The van der Waals surface area contributed by atoms with Crippen LogP contribution in [0.3, 0.4) is 0 Å². The molecule has 1 aliphatic heterocycles. The molecule has 0 saturated carbocycles. The van der Waals surface area contributed by atoms with Gasteiger partial charge < -0.3 is 14.9 Å². The Labute approximate surface area is 158 Å².